The van der Waals surface area contributed by atoms with Gasteiger partial charge in [0.15, 0.2) is 0 Å². The van der Waals surface area contributed by atoms with E-state index in [1.807, 2.05) is 0 Å². The van der Waals surface area contributed by atoms with E-state index in [0.29, 0.717) is 0 Å². The Labute approximate surface area is 111 Å². The van der Waals surface area contributed by atoms with E-state index in [1.54, 1.807) is 0 Å². The number of nitrogens with one attached hydrogen (secondary N) is 1. The summed E-state index contributed by atoms with van der Waals surface area (Å²) in [5, 5.41) is 3.43. The molecule has 1 aliphatic rings. The largest absolute Gasteiger partial charge is 0.314 e. The summed E-state index contributed by atoms with van der Waals surface area (Å²) in [6.45, 7) is 13.7. The van der Waals surface area contributed by atoms with Gasteiger partial charge in [0.05, 0.1) is 0 Å². The molecule has 0 spiro atoms. The van der Waals surface area contributed by atoms with E-state index in [-0.39, 0.29) is 5.54 Å². The molecule has 1 aliphatic heterocycles. The molecule has 2 rings (SSSR count). The second-order valence-corrected chi connectivity index (χ2v) is 6.16. The van der Waals surface area contributed by atoms with E-state index < -0.39 is 0 Å². The number of benzene rings is 1. The standard InChI is InChI=1S/C16H26N2/c1-13-5-6-14(2)15(11-13)12-16(3,4)18-9-7-17-8-10-18/h5-6,11,17H,7-10,12H2,1-4H3. The molecule has 0 bridgehead atoms. The highest BCUT2D eigenvalue weighted by Gasteiger charge is 2.28. The van der Waals surface area contributed by atoms with Gasteiger partial charge in [-0.1, -0.05) is 23.8 Å². The van der Waals surface area contributed by atoms with Crippen LogP contribution in [0.15, 0.2) is 18.2 Å². The van der Waals surface area contributed by atoms with E-state index in [1.165, 1.54) is 16.7 Å². The fraction of sp³-hybridized carbons (Fsp3) is 0.625. The molecule has 1 fully saturated rings. The van der Waals surface area contributed by atoms with Crippen LogP contribution in [0, 0.1) is 13.8 Å². The van der Waals surface area contributed by atoms with Crippen LogP contribution in [-0.4, -0.2) is 36.6 Å². The highest BCUT2D eigenvalue weighted by atomic mass is 15.2. The second kappa shape index (κ2) is 5.41. The lowest BCUT2D eigenvalue weighted by Crippen LogP contribution is -2.54. The summed E-state index contributed by atoms with van der Waals surface area (Å²) in [6.07, 6.45) is 1.14. The Bertz CT molecular complexity index is 404. The molecular weight excluding hydrogens is 220 g/mol. The van der Waals surface area contributed by atoms with E-state index in [2.05, 4.69) is 56.1 Å². The molecule has 0 unspecified atom stereocenters. The third-order valence-corrected chi connectivity index (χ3v) is 4.10. The molecule has 1 saturated heterocycles. The van der Waals surface area contributed by atoms with E-state index >= 15 is 0 Å². The molecule has 100 valence electrons. The minimum Gasteiger partial charge on any atom is -0.314 e. The third-order valence-electron chi connectivity index (χ3n) is 4.10. The Hall–Kier alpha value is -0.860. The van der Waals surface area contributed by atoms with Gasteiger partial charge in [0, 0.05) is 31.7 Å². The lowest BCUT2D eigenvalue weighted by atomic mass is 9.89. The summed E-state index contributed by atoms with van der Waals surface area (Å²) in [7, 11) is 0. The van der Waals surface area contributed by atoms with E-state index in [0.717, 1.165) is 32.6 Å². The Morgan fingerprint density at radius 3 is 2.50 bits per heavy atom. The average Bonchev–Trinajstić information content (AvgIpc) is 2.35. The maximum Gasteiger partial charge on any atom is 0.0194 e. The van der Waals surface area contributed by atoms with Gasteiger partial charge < -0.3 is 5.32 Å². The molecule has 0 atom stereocenters. The first-order chi connectivity index (χ1) is 8.49. The predicted molar refractivity (Wildman–Crippen MR) is 78.1 cm³/mol. The molecule has 1 heterocycles. The van der Waals surface area contributed by atoms with Crippen molar-refractivity contribution in [1.82, 2.24) is 10.2 Å². The fourth-order valence-corrected chi connectivity index (χ4v) is 2.84. The first-order valence-corrected chi connectivity index (χ1v) is 7.01. The Kier molecular flexibility index (Phi) is 4.08. The summed E-state index contributed by atoms with van der Waals surface area (Å²) in [6, 6.07) is 6.80. The molecular formula is C16H26N2. The van der Waals surface area contributed by atoms with E-state index in [9.17, 15) is 0 Å². The van der Waals surface area contributed by atoms with Gasteiger partial charge in [0.25, 0.3) is 0 Å². The van der Waals surface area contributed by atoms with Crippen LogP contribution < -0.4 is 5.32 Å². The van der Waals surface area contributed by atoms with Gasteiger partial charge in [-0.15, -0.1) is 0 Å². The van der Waals surface area contributed by atoms with Gasteiger partial charge in [-0.25, -0.2) is 0 Å². The number of nitrogens with zero attached hydrogens (tertiary/aromatic N) is 1. The van der Waals surface area contributed by atoms with Crippen molar-refractivity contribution in [2.24, 2.45) is 0 Å². The summed E-state index contributed by atoms with van der Waals surface area (Å²) in [5.41, 5.74) is 4.54. The van der Waals surface area contributed by atoms with Crippen LogP contribution in [0.25, 0.3) is 0 Å². The van der Waals surface area contributed by atoms with Crippen molar-refractivity contribution >= 4 is 0 Å². The Balaban J connectivity index is 2.13. The van der Waals surface area contributed by atoms with Crippen molar-refractivity contribution in [1.29, 1.82) is 0 Å². The predicted octanol–water partition coefficient (Wildman–Crippen LogP) is 2.53. The lowest BCUT2D eigenvalue weighted by molar-refractivity contribution is 0.103. The Morgan fingerprint density at radius 2 is 1.83 bits per heavy atom. The Morgan fingerprint density at radius 1 is 1.17 bits per heavy atom. The van der Waals surface area contributed by atoms with Crippen LogP contribution in [0.3, 0.4) is 0 Å². The fourth-order valence-electron chi connectivity index (χ4n) is 2.84. The molecule has 1 aromatic rings. The van der Waals surface area contributed by atoms with Gasteiger partial charge in [0.1, 0.15) is 0 Å². The first kappa shape index (κ1) is 13.6. The molecule has 18 heavy (non-hydrogen) atoms. The molecule has 0 aromatic heterocycles. The van der Waals surface area contributed by atoms with Crippen LogP contribution in [-0.2, 0) is 6.42 Å². The van der Waals surface area contributed by atoms with E-state index in [4.69, 9.17) is 0 Å². The summed E-state index contributed by atoms with van der Waals surface area (Å²) in [4.78, 5) is 2.62. The first-order valence-electron chi connectivity index (χ1n) is 7.01. The number of hydrogen-bond donors (Lipinski definition) is 1. The zero-order valence-electron chi connectivity index (χ0n) is 12.2. The topological polar surface area (TPSA) is 15.3 Å². The molecule has 1 aromatic carbocycles. The second-order valence-electron chi connectivity index (χ2n) is 6.16. The normalized spacial score (nSPS) is 18.0. The zero-order chi connectivity index (χ0) is 13.2. The molecule has 2 heteroatoms. The van der Waals surface area contributed by atoms with Crippen LogP contribution in [0.4, 0.5) is 0 Å². The monoisotopic (exact) mass is 246 g/mol. The van der Waals surface area contributed by atoms with Gasteiger partial charge in [-0.05, 0) is 45.2 Å². The van der Waals surface area contributed by atoms with Crippen molar-refractivity contribution in [3.8, 4) is 0 Å². The van der Waals surface area contributed by atoms with Crippen molar-refractivity contribution in [3.05, 3.63) is 34.9 Å². The van der Waals surface area contributed by atoms with Gasteiger partial charge in [0.2, 0.25) is 0 Å². The summed E-state index contributed by atoms with van der Waals surface area (Å²) < 4.78 is 0. The van der Waals surface area contributed by atoms with Gasteiger partial charge >= 0.3 is 0 Å². The third kappa shape index (κ3) is 3.12. The quantitative estimate of drug-likeness (QED) is 0.881. The zero-order valence-corrected chi connectivity index (χ0v) is 12.2. The number of rotatable bonds is 3. The molecule has 0 saturated carbocycles. The van der Waals surface area contributed by atoms with Crippen LogP contribution in [0.5, 0.6) is 0 Å². The molecule has 0 amide bonds. The number of piperazine rings is 1. The van der Waals surface area contributed by atoms with Gasteiger partial charge in [-0.2, -0.15) is 0 Å². The highest BCUT2D eigenvalue weighted by molar-refractivity contribution is 5.31. The van der Waals surface area contributed by atoms with Crippen LogP contribution in [0.2, 0.25) is 0 Å². The van der Waals surface area contributed by atoms with Gasteiger partial charge in [-0.3, -0.25) is 4.90 Å². The molecule has 1 N–H and O–H groups in total. The van der Waals surface area contributed by atoms with Crippen molar-refractivity contribution in [3.63, 3.8) is 0 Å². The average molecular weight is 246 g/mol. The lowest BCUT2D eigenvalue weighted by Gasteiger charge is -2.41. The SMILES string of the molecule is Cc1ccc(C)c(CC(C)(C)N2CCNCC2)c1. The van der Waals surface area contributed by atoms with Crippen LogP contribution in [0.1, 0.15) is 30.5 Å². The minimum absolute atomic E-state index is 0.251. The van der Waals surface area contributed by atoms with Crippen molar-refractivity contribution in [2.45, 2.75) is 39.7 Å². The summed E-state index contributed by atoms with van der Waals surface area (Å²) in [5.74, 6) is 0. The number of aryl methyl sites for hydroxylation is 2. The smallest absolute Gasteiger partial charge is 0.0194 e. The molecule has 2 nitrogen and oxygen atoms in total. The molecule has 0 aliphatic carbocycles. The summed E-state index contributed by atoms with van der Waals surface area (Å²) >= 11 is 0. The van der Waals surface area contributed by atoms with Crippen LogP contribution >= 0.6 is 0 Å². The van der Waals surface area contributed by atoms with Crippen molar-refractivity contribution in [2.75, 3.05) is 26.2 Å². The minimum atomic E-state index is 0.251. The van der Waals surface area contributed by atoms with Crippen molar-refractivity contribution < 1.29 is 0 Å². The highest BCUT2D eigenvalue weighted by Crippen LogP contribution is 2.23. The molecule has 0 radical (unpaired) electrons. The number of hydrogen-bond acceptors (Lipinski definition) is 2. The maximum atomic E-state index is 3.43. The maximum absolute atomic E-state index is 3.43.